The number of fused-ring (bicyclic) bond motifs is 1. The lowest BCUT2D eigenvalue weighted by Gasteiger charge is -2.18. The van der Waals surface area contributed by atoms with Crippen LogP contribution >= 0.6 is 0 Å². The number of aryl methyl sites for hydroxylation is 1. The molecule has 2 atom stereocenters. The number of benzene rings is 3. The van der Waals surface area contributed by atoms with E-state index in [0.717, 1.165) is 16.7 Å². The van der Waals surface area contributed by atoms with Crippen LogP contribution in [0.1, 0.15) is 51.1 Å². The third-order valence-electron chi connectivity index (χ3n) is 6.21. The quantitative estimate of drug-likeness (QED) is 0.429. The van der Waals surface area contributed by atoms with E-state index in [4.69, 9.17) is 5.11 Å². The summed E-state index contributed by atoms with van der Waals surface area (Å²) in [6.45, 7) is 4.45. The SMILES string of the molecule is Cc1ccc(F)c2c1C(CCNC(=O)c1ccc(-c3ccc(C(=O)O)c(O)c3)cc1)C(C)N2. The summed E-state index contributed by atoms with van der Waals surface area (Å²) in [6.07, 6.45) is 0.685. The summed E-state index contributed by atoms with van der Waals surface area (Å²) in [4.78, 5) is 23.6. The number of anilines is 1. The highest BCUT2D eigenvalue weighted by molar-refractivity contribution is 5.95. The minimum Gasteiger partial charge on any atom is -0.507 e. The van der Waals surface area contributed by atoms with Crippen molar-refractivity contribution < 1.29 is 24.2 Å². The van der Waals surface area contributed by atoms with E-state index in [0.29, 0.717) is 29.8 Å². The van der Waals surface area contributed by atoms with Gasteiger partial charge in [0.15, 0.2) is 0 Å². The molecule has 170 valence electrons. The van der Waals surface area contributed by atoms with Gasteiger partial charge in [-0.1, -0.05) is 24.3 Å². The standard InChI is InChI=1S/C26H25FN2O4/c1-14-3-10-21(27)24-23(14)19(15(2)29-24)11-12-28-25(31)17-6-4-16(5-7-17)18-8-9-20(26(32)33)22(30)13-18/h3-10,13,15,19,29-30H,11-12H2,1-2H3,(H,28,31)(H,32,33). The largest absolute Gasteiger partial charge is 0.507 e. The predicted molar refractivity (Wildman–Crippen MR) is 124 cm³/mol. The maximum absolute atomic E-state index is 14.1. The molecule has 0 bridgehead atoms. The van der Waals surface area contributed by atoms with Crippen LogP contribution in [-0.2, 0) is 0 Å². The van der Waals surface area contributed by atoms with Gasteiger partial charge in [-0.15, -0.1) is 0 Å². The van der Waals surface area contributed by atoms with Gasteiger partial charge in [0.05, 0.1) is 5.69 Å². The van der Waals surface area contributed by atoms with Crippen LogP contribution in [0.15, 0.2) is 54.6 Å². The molecule has 1 heterocycles. The lowest BCUT2D eigenvalue weighted by molar-refractivity contribution is 0.0693. The zero-order chi connectivity index (χ0) is 23.7. The highest BCUT2D eigenvalue weighted by Crippen LogP contribution is 2.41. The van der Waals surface area contributed by atoms with Crippen LogP contribution in [0.25, 0.3) is 11.1 Å². The van der Waals surface area contributed by atoms with Gasteiger partial charge in [-0.2, -0.15) is 0 Å². The maximum atomic E-state index is 14.1. The van der Waals surface area contributed by atoms with Crippen LogP contribution < -0.4 is 10.6 Å². The molecule has 0 aliphatic carbocycles. The molecule has 4 N–H and O–H groups in total. The second-order valence-electron chi connectivity index (χ2n) is 8.35. The second kappa shape index (κ2) is 8.94. The average Bonchev–Trinajstić information content (AvgIpc) is 3.13. The van der Waals surface area contributed by atoms with E-state index in [-0.39, 0.29) is 35.0 Å². The minimum absolute atomic E-state index is 0.0794. The van der Waals surface area contributed by atoms with Crippen LogP contribution in [0.3, 0.4) is 0 Å². The first-order valence-corrected chi connectivity index (χ1v) is 10.8. The van der Waals surface area contributed by atoms with Crippen LogP contribution in [-0.4, -0.2) is 34.7 Å². The smallest absolute Gasteiger partial charge is 0.339 e. The molecular weight excluding hydrogens is 423 g/mol. The molecule has 0 saturated heterocycles. The van der Waals surface area contributed by atoms with Gasteiger partial charge >= 0.3 is 5.97 Å². The number of aromatic hydroxyl groups is 1. The van der Waals surface area contributed by atoms with Crippen molar-refractivity contribution in [1.29, 1.82) is 0 Å². The molecular formula is C26H25FN2O4. The minimum atomic E-state index is -1.20. The number of hydrogen-bond acceptors (Lipinski definition) is 4. The number of hydrogen-bond donors (Lipinski definition) is 4. The van der Waals surface area contributed by atoms with Gasteiger partial charge in [0, 0.05) is 24.1 Å². The number of phenols is 1. The van der Waals surface area contributed by atoms with Crippen molar-refractivity contribution in [3.63, 3.8) is 0 Å². The molecule has 2 unspecified atom stereocenters. The molecule has 33 heavy (non-hydrogen) atoms. The van der Waals surface area contributed by atoms with Crippen LogP contribution in [0.4, 0.5) is 10.1 Å². The van der Waals surface area contributed by atoms with Gasteiger partial charge in [-0.25, -0.2) is 9.18 Å². The van der Waals surface area contributed by atoms with Gasteiger partial charge < -0.3 is 20.8 Å². The summed E-state index contributed by atoms with van der Waals surface area (Å²) in [5.41, 5.74) is 4.31. The number of carbonyl (C=O) groups excluding carboxylic acids is 1. The zero-order valence-electron chi connectivity index (χ0n) is 18.4. The Morgan fingerprint density at radius 1 is 1.06 bits per heavy atom. The molecule has 1 aliphatic heterocycles. The number of carboxylic acid groups (broad SMARTS) is 1. The fourth-order valence-electron chi connectivity index (χ4n) is 4.44. The summed E-state index contributed by atoms with van der Waals surface area (Å²) in [5.74, 6) is -1.85. The zero-order valence-corrected chi connectivity index (χ0v) is 18.4. The summed E-state index contributed by atoms with van der Waals surface area (Å²) in [7, 11) is 0. The molecule has 1 amide bonds. The number of nitrogens with one attached hydrogen (secondary N) is 2. The predicted octanol–water partition coefficient (Wildman–Crippen LogP) is 4.92. The van der Waals surface area contributed by atoms with Crippen LogP contribution in [0.2, 0.25) is 0 Å². The molecule has 4 rings (SSSR count). The van der Waals surface area contributed by atoms with Gasteiger partial charge in [0.25, 0.3) is 5.91 Å². The third-order valence-corrected chi connectivity index (χ3v) is 6.21. The molecule has 3 aromatic rings. The van der Waals surface area contributed by atoms with E-state index in [1.54, 1.807) is 36.4 Å². The molecule has 6 nitrogen and oxygen atoms in total. The summed E-state index contributed by atoms with van der Waals surface area (Å²) >= 11 is 0. The van der Waals surface area contributed by atoms with E-state index >= 15 is 0 Å². The Kier molecular flexibility index (Phi) is 6.05. The summed E-state index contributed by atoms with van der Waals surface area (Å²) in [6, 6.07) is 14.5. The van der Waals surface area contributed by atoms with Crippen LogP contribution in [0, 0.1) is 12.7 Å². The average molecular weight is 448 g/mol. The Morgan fingerprint density at radius 3 is 2.42 bits per heavy atom. The Hall–Kier alpha value is -3.87. The molecule has 0 aromatic heterocycles. The fraction of sp³-hybridized carbons (Fsp3) is 0.231. The van der Waals surface area contributed by atoms with E-state index in [2.05, 4.69) is 10.6 Å². The monoisotopic (exact) mass is 448 g/mol. The van der Waals surface area contributed by atoms with E-state index in [1.165, 1.54) is 18.2 Å². The fourth-order valence-corrected chi connectivity index (χ4v) is 4.44. The molecule has 0 saturated carbocycles. The highest BCUT2D eigenvalue weighted by atomic mass is 19.1. The summed E-state index contributed by atoms with van der Waals surface area (Å²) in [5, 5.41) is 25.1. The maximum Gasteiger partial charge on any atom is 0.339 e. The van der Waals surface area contributed by atoms with Gasteiger partial charge in [-0.3, -0.25) is 4.79 Å². The van der Waals surface area contributed by atoms with Crippen molar-refractivity contribution in [3.8, 4) is 16.9 Å². The first-order valence-electron chi connectivity index (χ1n) is 10.8. The van der Waals surface area contributed by atoms with Crippen molar-refractivity contribution >= 4 is 17.6 Å². The lowest BCUT2D eigenvalue weighted by atomic mass is 9.89. The number of carboxylic acids is 1. The Balaban J connectivity index is 1.39. The Morgan fingerprint density at radius 2 is 1.76 bits per heavy atom. The lowest BCUT2D eigenvalue weighted by Crippen LogP contribution is -2.27. The number of aromatic carboxylic acids is 1. The molecule has 0 fully saturated rings. The van der Waals surface area contributed by atoms with Crippen molar-refractivity contribution in [2.45, 2.75) is 32.2 Å². The van der Waals surface area contributed by atoms with Crippen molar-refractivity contribution in [1.82, 2.24) is 5.32 Å². The molecule has 1 aliphatic rings. The number of carbonyl (C=O) groups is 2. The van der Waals surface area contributed by atoms with Crippen molar-refractivity contribution in [2.24, 2.45) is 0 Å². The van der Waals surface area contributed by atoms with Crippen molar-refractivity contribution in [3.05, 3.63) is 82.7 Å². The first-order chi connectivity index (χ1) is 15.8. The molecule has 0 radical (unpaired) electrons. The number of amides is 1. The molecule has 3 aromatic carbocycles. The van der Waals surface area contributed by atoms with Gasteiger partial charge in [0.1, 0.15) is 17.1 Å². The van der Waals surface area contributed by atoms with Gasteiger partial charge in [0.2, 0.25) is 0 Å². The van der Waals surface area contributed by atoms with Gasteiger partial charge in [-0.05, 0) is 72.9 Å². The normalized spacial score (nSPS) is 16.7. The Labute approximate surface area is 191 Å². The Bertz CT molecular complexity index is 1220. The highest BCUT2D eigenvalue weighted by Gasteiger charge is 2.32. The molecule has 0 spiro atoms. The van der Waals surface area contributed by atoms with Crippen molar-refractivity contribution in [2.75, 3.05) is 11.9 Å². The topological polar surface area (TPSA) is 98.7 Å². The van der Waals surface area contributed by atoms with Crippen LogP contribution in [0.5, 0.6) is 5.75 Å². The van der Waals surface area contributed by atoms with E-state index < -0.39 is 5.97 Å². The van der Waals surface area contributed by atoms with E-state index in [1.807, 2.05) is 13.8 Å². The third kappa shape index (κ3) is 4.39. The number of halogens is 1. The van der Waals surface area contributed by atoms with E-state index in [9.17, 15) is 19.1 Å². The first kappa shape index (κ1) is 22.3. The summed E-state index contributed by atoms with van der Waals surface area (Å²) < 4.78 is 14.1. The number of rotatable bonds is 6. The molecule has 7 heteroatoms. The second-order valence-corrected chi connectivity index (χ2v) is 8.35.